The third-order valence-electron chi connectivity index (χ3n) is 3.50. The van der Waals surface area contributed by atoms with Crippen molar-refractivity contribution in [1.82, 2.24) is 10.3 Å². The highest BCUT2D eigenvalue weighted by Crippen LogP contribution is 2.16. The number of hydrogen-bond acceptors (Lipinski definition) is 3. The predicted molar refractivity (Wildman–Crippen MR) is 86.1 cm³/mol. The van der Waals surface area contributed by atoms with Gasteiger partial charge in [-0.25, -0.2) is 0 Å². The summed E-state index contributed by atoms with van der Waals surface area (Å²) in [6.45, 7) is 6.01. The molecule has 102 valence electrons. The van der Waals surface area contributed by atoms with E-state index in [1.165, 1.54) is 22.1 Å². The van der Waals surface area contributed by atoms with Gasteiger partial charge in [0.25, 0.3) is 0 Å². The molecule has 1 aromatic carbocycles. The van der Waals surface area contributed by atoms with Crippen LogP contribution in [-0.2, 0) is 13.1 Å². The van der Waals surface area contributed by atoms with Gasteiger partial charge < -0.3 is 5.32 Å². The number of hydrogen-bond donors (Lipinski definition) is 1. The van der Waals surface area contributed by atoms with E-state index >= 15 is 0 Å². The van der Waals surface area contributed by atoms with Gasteiger partial charge in [0.1, 0.15) is 0 Å². The van der Waals surface area contributed by atoms with Crippen molar-refractivity contribution in [3.8, 4) is 0 Å². The number of fused-ring (bicyclic) bond motifs is 1. The average molecular weight is 282 g/mol. The Hall–Kier alpha value is -1.71. The molecular weight excluding hydrogens is 264 g/mol. The fraction of sp³-hybridized carbons (Fsp3) is 0.235. The minimum atomic E-state index is 0.888. The van der Waals surface area contributed by atoms with Gasteiger partial charge in [0, 0.05) is 24.2 Å². The first-order valence-corrected chi connectivity index (χ1v) is 7.75. The van der Waals surface area contributed by atoms with Crippen molar-refractivity contribution in [1.29, 1.82) is 0 Å². The van der Waals surface area contributed by atoms with E-state index < -0.39 is 0 Å². The molecule has 0 saturated carbocycles. The minimum Gasteiger partial charge on any atom is -0.309 e. The van der Waals surface area contributed by atoms with E-state index in [9.17, 15) is 0 Å². The third-order valence-corrected chi connectivity index (χ3v) is 4.41. The fourth-order valence-electron chi connectivity index (χ4n) is 2.30. The first-order chi connectivity index (χ1) is 9.72. The Kier molecular flexibility index (Phi) is 3.81. The first kappa shape index (κ1) is 13.3. The molecule has 2 aromatic heterocycles. The van der Waals surface area contributed by atoms with Gasteiger partial charge in [-0.05, 0) is 59.5 Å². The zero-order chi connectivity index (χ0) is 13.9. The van der Waals surface area contributed by atoms with Crippen LogP contribution in [0.5, 0.6) is 0 Å². The maximum absolute atomic E-state index is 4.53. The largest absolute Gasteiger partial charge is 0.309 e. The summed E-state index contributed by atoms with van der Waals surface area (Å²) in [4.78, 5) is 4.53. The predicted octanol–water partition coefficient (Wildman–Crippen LogP) is 4.20. The molecule has 0 fully saturated rings. The van der Waals surface area contributed by atoms with Crippen LogP contribution in [0.25, 0.3) is 10.9 Å². The van der Waals surface area contributed by atoms with Crippen molar-refractivity contribution in [3.63, 3.8) is 0 Å². The number of benzene rings is 1. The molecule has 0 amide bonds. The lowest BCUT2D eigenvalue weighted by Gasteiger charge is -2.06. The van der Waals surface area contributed by atoms with Gasteiger partial charge in [0.15, 0.2) is 0 Å². The number of thiophene rings is 1. The van der Waals surface area contributed by atoms with Crippen molar-refractivity contribution < 1.29 is 0 Å². The summed E-state index contributed by atoms with van der Waals surface area (Å²) in [6, 6.07) is 10.7. The van der Waals surface area contributed by atoms with Crippen LogP contribution < -0.4 is 5.32 Å². The highest BCUT2D eigenvalue weighted by atomic mass is 32.1. The van der Waals surface area contributed by atoms with E-state index in [2.05, 4.69) is 58.3 Å². The molecule has 0 saturated heterocycles. The van der Waals surface area contributed by atoms with Gasteiger partial charge >= 0.3 is 0 Å². The SMILES string of the molecule is Cc1ccc2cc(CNCc3cscc3C)ccc2n1. The first-order valence-electron chi connectivity index (χ1n) is 6.81. The highest BCUT2D eigenvalue weighted by Gasteiger charge is 2.01. The summed E-state index contributed by atoms with van der Waals surface area (Å²) >= 11 is 1.77. The number of rotatable bonds is 4. The van der Waals surface area contributed by atoms with Crippen molar-refractivity contribution >= 4 is 22.2 Å². The lowest BCUT2D eigenvalue weighted by Crippen LogP contribution is -2.12. The molecule has 3 heteroatoms. The maximum atomic E-state index is 4.53. The van der Waals surface area contributed by atoms with Crippen LogP contribution in [0.1, 0.15) is 22.4 Å². The van der Waals surface area contributed by atoms with Crippen molar-refractivity contribution in [2.45, 2.75) is 26.9 Å². The second kappa shape index (κ2) is 5.73. The molecule has 0 radical (unpaired) electrons. The standard InChI is InChI=1S/C17H18N2S/c1-12-10-20-11-16(12)9-18-8-14-4-6-17-15(7-14)5-3-13(2)19-17/h3-7,10-11,18H,8-9H2,1-2H3. The summed E-state index contributed by atoms with van der Waals surface area (Å²) < 4.78 is 0. The number of pyridine rings is 1. The third kappa shape index (κ3) is 2.89. The van der Waals surface area contributed by atoms with Crippen LogP contribution in [-0.4, -0.2) is 4.98 Å². The van der Waals surface area contributed by atoms with E-state index in [-0.39, 0.29) is 0 Å². The Labute approximate surface area is 123 Å². The quantitative estimate of drug-likeness (QED) is 0.775. The number of nitrogens with zero attached hydrogens (tertiary/aromatic N) is 1. The molecule has 2 nitrogen and oxygen atoms in total. The second-order valence-corrected chi connectivity index (χ2v) is 5.91. The number of aromatic nitrogens is 1. The van der Waals surface area contributed by atoms with Crippen molar-refractivity contribution in [2.24, 2.45) is 0 Å². The fourth-order valence-corrected chi connectivity index (χ4v) is 3.15. The topological polar surface area (TPSA) is 24.9 Å². The van der Waals surface area contributed by atoms with E-state index in [4.69, 9.17) is 0 Å². The molecule has 0 aliphatic rings. The monoisotopic (exact) mass is 282 g/mol. The molecule has 0 aliphatic carbocycles. The second-order valence-electron chi connectivity index (χ2n) is 5.16. The highest BCUT2D eigenvalue weighted by molar-refractivity contribution is 7.08. The van der Waals surface area contributed by atoms with E-state index in [1.807, 2.05) is 6.92 Å². The summed E-state index contributed by atoms with van der Waals surface area (Å²) in [7, 11) is 0. The number of nitrogens with one attached hydrogen (secondary N) is 1. The van der Waals surface area contributed by atoms with Gasteiger partial charge in [-0.3, -0.25) is 4.98 Å². The molecule has 20 heavy (non-hydrogen) atoms. The number of aryl methyl sites for hydroxylation is 2. The van der Waals surface area contributed by atoms with Gasteiger partial charge in [-0.15, -0.1) is 0 Å². The van der Waals surface area contributed by atoms with Crippen LogP contribution in [0.15, 0.2) is 41.1 Å². The lowest BCUT2D eigenvalue weighted by molar-refractivity contribution is 0.693. The van der Waals surface area contributed by atoms with Gasteiger partial charge in [0.2, 0.25) is 0 Å². The van der Waals surface area contributed by atoms with E-state index in [1.54, 1.807) is 11.3 Å². The summed E-state index contributed by atoms with van der Waals surface area (Å²) in [5, 5.41) is 9.13. The Morgan fingerprint density at radius 3 is 2.75 bits per heavy atom. The maximum Gasteiger partial charge on any atom is 0.0705 e. The Morgan fingerprint density at radius 1 is 1.05 bits per heavy atom. The molecule has 0 bridgehead atoms. The van der Waals surface area contributed by atoms with Crippen LogP contribution in [0, 0.1) is 13.8 Å². The molecule has 0 aliphatic heterocycles. The van der Waals surface area contributed by atoms with E-state index in [0.717, 1.165) is 24.3 Å². The van der Waals surface area contributed by atoms with Gasteiger partial charge in [0.05, 0.1) is 5.52 Å². The Balaban J connectivity index is 1.68. The molecule has 3 rings (SSSR count). The van der Waals surface area contributed by atoms with Crippen LogP contribution in [0.2, 0.25) is 0 Å². The molecular formula is C17H18N2S. The van der Waals surface area contributed by atoms with Crippen molar-refractivity contribution in [3.05, 3.63) is 63.5 Å². The van der Waals surface area contributed by atoms with Gasteiger partial charge in [-0.2, -0.15) is 11.3 Å². The zero-order valence-corrected chi connectivity index (χ0v) is 12.6. The zero-order valence-electron chi connectivity index (χ0n) is 11.8. The molecule has 1 N–H and O–H groups in total. The van der Waals surface area contributed by atoms with Crippen LogP contribution in [0.3, 0.4) is 0 Å². The van der Waals surface area contributed by atoms with E-state index in [0.29, 0.717) is 0 Å². The van der Waals surface area contributed by atoms with Crippen LogP contribution in [0.4, 0.5) is 0 Å². The Morgan fingerprint density at radius 2 is 1.95 bits per heavy atom. The smallest absolute Gasteiger partial charge is 0.0705 e. The molecule has 0 unspecified atom stereocenters. The minimum absolute atomic E-state index is 0.888. The Bertz CT molecular complexity index is 731. The summed E-state index contributed by atoms with van der Waals surface area (Å²) in [6.07, 6.45) is 0. The normalized spacial score (nSPS) is 11.1. The molecule has 3 aromatic rings. The molecule has 2 heterocycles. The lowest BCUT2D eigenvalue weighted by atomic mass is 10.1. The molecule has 0 atom stereocenters. The average Bonchev–Trinajstić information content (AvgIpc) is 2.85. The summed E-state index contributed by atoms with van der Waals surface area (Å²) in [5.41, 5.74) is 6.21. The van der Waals surface area contributed by atoms with Crippen LogP contribution >= 0.6 is 11.3 Å². The molecule has 0 spiro atoms. The van der Waals surface area contributed by atoms with Gasteiger partial charge in [-0.1, -0.05) is 12.1 Å². The summed E-state index contributed by atoms with van der Waals surface area (Å²) in [5.74, 6) is 0. The van der Waals surface area contributed by atoms with Crippen molar-refractivity contribution in [2.75, 3.05) is 0 Å².